The molecule has 1 aromatic heterocycles. The molecule has 8 aliphatic carbocycles. The van der Waals surface area contributed by atoms with Gasteiger partial charge in [0, 0.05) is 44.4 Å². The number of pyridine rings is 1. The molecule has 11 fully saturated rings. The highest BCUT2D eigenvalue weighted by molar-refractivity contribution is 5.90. The van der Waals surface area contributed by atoms with Gasteiger partial charge in [-0.1, -0.05) is 109 Å². The van der Waals surface area contributed by atoms with Crippen molar-refractivity contribution in [2.45, 2.75) is 153 Å². The quantitative estimate of drug-likeness (QED) is 0.169. The predicted molar refractivity (Wildman–Crippen MR) is 274 cm³/mol. The molecular weight excluding hydrogens is 851 g/mol. The number of hydrogen-bond acceptors (Lipinski definition) is 6. The minimum Gasteiger partial charge on any atom is -0.507 e. The van der Waals surface area contributed by atoms with Gasteiger partial charge in [-0.05, 0) is 181 Å². The molecular formula is C63H73NO5. The summed E-state index contributed by atoms with van der Waals surface area (Å²) in [5, 5.41) is 25.8. The monoisotopic (exact) mass is 924 g/mol. The highest BCUT2D eigenvalue weighted by Crippen LogP contribution is 2.65. The maximum Gasteiger partial charge on any atom is 0.312 e. The van der Waals surface area contributed by atoms with Gasteiger partial charge in [0.1, 0.15) is 11.5 Å². The number of hydrogen-bond donors (Lipinski definition) is 2. The van der Waals surface area contributed by atoms with E-state index >= 15 is 0 Å². The Hall–Kier alpha value is -4.49. The fraction of sp³-hybridized carbons (Fsp3) is 0.540. The molecule has 0 radical (unpaired) electrons. The lowest BCUT2D eigenvalue weighted by Gasteiger charge is -2.57. The average Bonchev–Trinajstić information content (AvgIpc) is 3.30. The van der Waals surface area contributed by atoms with E-state index in [1.165, 1.54) is 88.2 Å². The van der Waals surface area contributed by atoms with E-state index in [-0.39, 0.29) is 27.1 Å². The Labute approximate surface area is 410 Å². The van der Waals surface area contributed by atoms with E-state index in [0.29, 0.717) is 31.3 Å². The second-order valence-electron chi connectivity index (χ2n) is 26.7. The van der Waals surface area contributed by atoms with Crippen LogP contribution in [0.3, 0.4) is 0 Å². The number of aromatic nitrogens is 1. The maximum absolute atomic E-state index is 12.9. The van der Waals surface area contributed by atoms with Crippen molar-refractivity contribution in [3.05, 3.63) is 113 Å². The van der Waals surface area contributed by atoms with Gasteiger partial charge >= 0.3 is 5.97 Å². The van der Waals surface area contributed by atoms with Crippen molar-refractivity contribution in [1.29, 1.82) is 0 Å². The lowest BCUT2D eigenvalue weighted by atomic mass is 9.47. The van der Waals surface area contributed by atoms with Crippen LogP contribution in [0.2, 0.25) is 0 Å². The van der Waals surface area contributed by atoms with Crippen molar-refractivity contribution >= 4 is 0 Å². The van der Waals surface area contributed by atoms with Crippen LogP contribution in [-0.4, -0.2) is 35.0 Å². The van der Waals surface area contributed by atoms with E-state index in [1.54, 1.807) is 0 Å². The summed E-state index contributed by atoms with van der Waals surface area (Å²) in [7, 11) is 0. The van der Waals surface area contributed by atoms with Crippen LogP contribution >= 0.6 is 0 Å². The molecule has 8 saturated carbocycles. The number of rotatable bonds is 7. The minimum absolute atomic E-state index is 0.00584. The van der Waals surface area contributed by atoms with Crippen molar-refractivity contribution < 1.29 is 24.4 Å². The summed E-state index contributed by atoms with van der Waals surface area (Å²) < 4.78 is 19.9. The zero-order valence-electron chi connectivity index (χ0n) is 42.2. The number of benzene rings is 4. The molecule has 0 amide bonds. The Balaban J connectivity index is 0.997. The molecule has 10 bridgehead atoms. The van der Waals surface area contributed by atoms with Crippen molar-refractivity contribution in [2.24, 2.45) is 40.9 Å². The molecule has 5 aromatic rings. The molecule has 0 unspecified atom stereocenters. The van der Waals surface area contributed by atoms with E-state index in [0.717, 1.165) is 97.0 Å². The summed E-state index contributed by atoms with van der Waals surface area (Å²) >= 11 is 0. The van der Waals surface area contributed by atoms with Crippen LogP contribution in [0, 0.1) is 40.9 Å². The Morgan fingerprint density at radius 1 is 0.464 bits per heavy atom. The molecule has 0 spiro atoms. The van der Waals surface area contributed by atoms with Crippen LogP contribution < -0.4 is 0 Å². The molecule has 3 aliphatic heterocycles. The van der Waals surface area contributed by atoms with E-state index in [9.17, 15) is 10.2 Å². The first-order valence-electron chi connectivity index (χ1n) is 26.8. The van der Waals surface area contributed by atoms with Crippen LogP contribution in [0.1, 0.15) is 153 Å². The molecule has 16 rings (SSSR count). The number of ether oxygens (including phenoxy) is 3. The number of nitrogens with zero attached hydrogens (tertiary/aromatic N) is 1. The number of phenols is 2. The van der Waals surface area contributed by atoms with Crippen LogP contribution in [0.15, 0.2) is 84.9 Å². The highest BCUT2D eigenvalue weighted by atomic mass is 16.9. The van der Waals surface area contributed by atoms with Gasteiger partial charge in [-0.25, -0.2) is 4.98 Å². The van der Waals surface area contributed by atoms with Gasteiger partial charge in [0.05, 0.1) is 31.2 Å². The third kappa shape index (κ3) is 7.21. The van der Waals surface area contributed by atoms with E-state index < -0.39 is 5.97 Å². The first-order chi connectivity index (χ1) is 32.9. The first-order valence-corrected chi connectivity index (χ1v) is 26.8. The van der Waals surface area contributed by atoms with Gasteiger partial charge in [-0.2, -0.15) is 0 Å². The van der Waals surface area contributed by atoms with Gasteiger partial charge in [-0.3, -0.25) is 0 Å². The smallest absolute Gasteiger partial charge is 0.312 e. The SMILES string of the molecule is CC12COC(c3cc(-c4ccccc4-c4cc(C(C)(C)C)cc(C56CC7CC(CC(C7)C5)C6)c4O)nc(-c4ccccc4-c4cc(C(C)(C)C)cc(C56CC7CC(CC(C7)C5)C6)c4O)c3)(OC1)OC2. The van der Waals surface area contributed by atoms with Gasteiger partial charge in [0.15, 0.2) is 0 Å². The molecule has 6 nitrogen and oxygen atoms in total. The molecule has 11 aliphatic rings. The lowest BCUT2D eigenvalue weighted by molar-refractivity contribution is -0.477. The molecule has 2 N–H and O–H groups in total. The molecule has 4 aromatic carbocycles. The summed E-state index contributed by atoms with van der Waals surface area (Å²) in [6, 6.07) is 30.4. The summed E-state index contributed by atoms with van der Waals surface area (Å²) in [6.45, 7) is 17.5. The Bertz CT molecular complexity index is 2630. The summed E-state index contributed by atoms with van der Waals surface area (Å²) in [5.74, 6) is 3.97. The predicted octanol–water partition coefficient (Wildman–Crippen LogP) is 14.9. The van der Waals surface area contributed by atoms with Gasteiger partial charge in [-0.15, -0.1) is 0 Å². The Morgan fingerprint density at radius 3 is 1.13 bits per heavy atom. The number of phenolic OH excluding ortho intramolecular Hbond substituents is 2. The Morgan fingerprint density at radius 2 is 0.797 bits per heavy atom. The maximum atomic E-state index is 12.9. The number of fused-ring (bicyclic) bond motifs is 3. The van der Waals surface area contributed by atoms with Gasteiger partial charge in [0.2, 0.25) is 0 Å². The van der Waals surface area contributed by atoms with Crippen LogP contribution in [0.5, 0.6) is 11.5 Å². The normalized spacial score (nSPS) is 34.2. The molecule has 4 heterocycles. The van der Waals surface area contributed by atoms with Crippen molar-refractivity contribution in [2.75, 3.05) is 19.8 Å². The average molecular weight is 924 g/mol. The second kappa shape index (κ2) is 15.3. The fourth-order valence-electron chi connectivity index (χ4n) is 16.4. The van der Waals surface area contributed by atoms with E-state index in [1.807, 2.05) is 0 Å². The van der Waals surface area contributed by atoms with Crippen LogP contribution in [-0.2, 0) is 41.8 Å². The van der Waals surface area contributed by atoms with Gasteiger partial charge < -0.3 is 24.4 Å². The zero-order valence-corrected chi connectivity index (χ0v) is 42.2. The summed E-state index contributed by atoms with van der Waals surface area (Å²) in [4.78, 5) is 5.66. The third-order valence-electron chi connectivity index (χ3n) is 19.2. The topological polar surface area (TPSA) is 81.0 Å². The third-order valence-corrected chi connectivity index (χ3v) is 19.2. The molecule has 3 saturated heterocycles. The van der Waals surface area contributed by atoms with Crippen molar-refractivity contribution in [3.8, 4) is 56.3 Å². The zero-order chi connectivity index (χ0) is 47.5. The fourth-order valence-corrected chi connectivity index (χ4v) is 16.4. The first kappa shape index (κ1) is 44.5. The lowest BCUT2D eigenvalue weighted by Crippen LogP contribution is -2.57. The van der Waals surface area contributed by atoms with E-state index in [4.69, 9.17) is 19.2 Å². The van der Waals surface area contributed by atoms with Gasteiger partial charge in [0.25, 0.3) is 0 Å². The van der Waals surface area contributed by atoms with Crippen LogP contribution in [0.4, 0.5) is 0 Å². The molecule has 69 heavy (non-hydrogen) atoms. The summed E-state index contributed by atoms with van der Waals surface area (Å²) in [5.41, 5.74) is 12.1. The van der Waals surface area contributed by atoms with Crippen molar-refractivity contribution in [3.63, 3.8) is 0 Å². The number of aromatic hydroxyl groups is 2. The molecule has 360 valence electrons. The highest BCUT2D eigenvalue weighted by Gasteiger charge is 2.55. The van der Waals surface area contributed by atoms with Crippen molar-refractivity contribution in [1.82, 2.24) is 4.98 Å². The molecule has 6 heteroatoms. The Kier molecular flexibility index (Phi) is 9.83. The standard InChI is InChI=1S/C63H73NO5/c1-58(2,3)43-22-50(56(65)52(24-43)61-28-37-16-38(29-61)18-39(17-37)30-61)46-12-8-10-14-48(46)54-26-45(63-67-34-60(7,35-68-63)36-69-63)27-55(64-54)49-15-11-9-13-47(49)51-23-44(59(4,5)6)25-53(57(51)66)62-31-40-19-41(32-62)21-42(20-40)33-62/h8-15,22-27,37-42,65-66H,16-21,28-36H2,1-7H3. The van der Waals surface area contributed by atoms with Crippen LogP contribution in [0.25, 0.3) is 44.8 Å². The largest absolute Gasteiger partial charge is 0.507 e. The minimum atomic E-state index is -1.39. The molecule has 0 atom stereocenters. The van der Waals surface area contributed by atoms with E-state index in [2.05, 4.69) is 133 Å². The second-order valence-corrected chi connectivity index (χ2v) is 26.7. The summed E-state index contributed by atoms with van der Waals surface area (Å²) in [6.07, 6.45) is 15.2.